The van der Waals surface area contributed by atoms with Gasteiger partial charge in [0, 0.05) is 6.04 Å². The van der Waals surface area contributed by atoms with E-state index in [2.05, 4.69) is 17.5 Å². The Kier molecular flexibility index (Phi) is 1.81. The van der Waals surface area contributed by atoms with Crippen molar-refractivity contribution in [2.45, 2.75) is 12.5 Å². The molecule has 0 saturated carbocycles. The van der Waals surface area contributed by atoms with Crippen LogP contribution in [-0.2, 0) is 0 Å². The Labute approximate surface area is 71.8 Å². The van der Waals surface area contributed by atoms with E-state index in [1.165, 1.54) is 12.0 Å². The highest BCUT2D eigenvalue weighted by Crippen LogP contribution is 2.22. The van der Waals surface area contributed by atoms with Gasteiger partial charge in [0.05, 0.1) is 11.6 Å². The molecule has 1 fully saturated rings. The molecule has 2 heteroatoms. The molecule has 0 aliphatic carbocycles. The minimum Gasteiger partial charge on any atom is -0.310 e. The average Bonchev–Trinajstić information content (AvgIpc) is 2.02. The maximum Gasteiger partial charge on any atom is 0.0991 e. The summed E-state index contributed by atoms with van der Waals surface area (Å²) in [5, 5.41) is 12.0. The molecule has 0 amide bonds. The van der Waals surface area contributed by atoms with Crippen LogP contribution < -0.4 is 5.32 Å². The van der Waals surface area contributed by atoms with Crippen molar-refractivity contribution in [3.63, 3.8) is 0 Å². The van der Waals surface area contributed by atoms with Crippen LogP contribution >= 0.6 is 0 Å². The van der Waals surface area contributed by atoms with Crippen LogP contribution in [0.15, 0.2) is 24.3 Å². The average molecular weight is 158 g/mol. The second-order valence-corrected chi connectivity index (χ2v) is 3.03. The van der Waals surface area contributed by atoms with Gasteiger partial charge < -0.3 is 5.32 Å². The Bertz CT molecular complexity index is 321. The van der Waals surface area contributed by atoms with Gasteiger partial charge in [-0.25, -0.2) is 0 Å². The normalized spacial score (nSPS) is 21.1. The van der Waals surface area contributed by atoms with Crippen LogP contribution in [-0.4, -0.2) is 6.54 Å². The number of benzene rings is 1. The van der Waals surface area contributed by atoms with E-state index in [9.17, 15) is 0 Å². The minimum atomic E-state index is 0.485. The molecule has 12 heavy (non-hydrogen) atoms. The monoisotopic (exact) mass is 158 g/mol. The number of nitriles is 1. The first-order valence-electron chi connectivity index (χ1n) is 4.13. The SMILES string of the molecule is N#Cc1cccc([C@@H]2CCN2)c1. The lowest BCUT2D eigenvalue weighted by atomic mass is 9.97. The van der Waals surface area contributed by atoms with Crippen molar-refractivity contribution in [3.05, 3.63) is 35.4 Å². The highest BCUT2D eigenvalue weighted by atomic mass is 15.0. The molecule has 0 aromatic heterocycles. The molecule has 0 spiro atoms. The molecule has 1 heterocycles. The Balaban J connectivity index is 2.27. The first-order chi connectivity index (χ1) is 5.90. The molecule has 0 unspecified atom stereocenters. The number of hydrogen-bond donors (Lipinski definition) is 1. The van der Waals surface area contributed by atoms with Gasteiger partial charge in [0.1, 0.15) is 0 Å². The molecule has 1 aliphatic rings. The first-order valence-corrected chi connectivity index (χ1v) is 4.13. The smallest absolute Gasteiger partial charge is 0.0991 e. The summed E-state index contributed by atoms with van der Waals surface area (Å²) in [7, 11) is 0. The molecule has 0 bridgehead atoms. The third kappa shape index (κ3) is 1.19. The van der Waals surface area contributed by atoms with E-state index in [1.54, 1.807) is 0 Å². The van der Waals surface area contributed by atoms with Crippen LogP contribution in [0.5, 0.6) is 0 Å². The van der Waals surface area contributed by atoms with Gasteiger partial charge in [0.25, 0.3) is 0 Å². The molecule has 1 atom stereocenters. The fraction of sp³-hybridized carbons (Fsp3) is 0.300. The second kappa shape index (κ2) is 2.96. The van der Waals surface area contributed by atoms with Crippen molar-refractivity contribution in [1.29, 1.82) is 5.26 Å². The maximum atomic E-state index is 8.66. The Morgan fingerprint density at radius 3 is 2.92 bits per heavy atom. The van der Waals surface area contributed by atoms with Crippen LogP contribution in [0.25, 0.3) is 0 Å². The van der Waals surface area contributed by atoms with Crippen molar-refractivity contribution in [2.24, 2.45) is 0 Å². The van der Waals surface area contributed by atoms with Crippen molar-refractivity contribution < 1.29 is 0 Å². The standard InChI is InChI=1S/C10H10N2/c11-7-8-2-1-3-9(6-8)10-4-5-12-10/h1-3,6,10,12H,4-5H2/t10-/m0/s1. The number of nitrogens with one attached hydrogen (secondary N) is 1. The largest absolute Gasteiger partial charge is 0.310 e. The summed E-state index contributed by atoms with van der Waals surface area (Å²) >= 11 is 0. The van der Waals surface area contributed by atoms with E-state index in [-0.39, 0.29) is 0 Å². The molecule has 1 aromatic carbocycles. The van der Waals surface area contributed by atoms with Gasteiger partial charge >= 0.3 is 0 Å². The third-order valence-electron chi connectivity index (χ3n) is 2.24. The zero-order valence-corrected chi connectivity index (χ0v) is 6.75. The van der Waals surface area contributed by atoms with E-state index in [4.69, 9.17) is 5.26 Å². The summed E-state index contributed by atoms with van der Waals surface area (Å²) < 4.78 is 0. The van der Waals surface area contributed by atoms with Gasteiger partial charge in [-0.15, -0.1) is 0 Å². The van der Waals surface area contributed by atoms with E-state index < -0.39 is 0 Å². The lowest BCUT2D eigenvalue weighted by Gasteiger charge is -2.27. The molecule has 1 N–H and O–H groups in total. The van der Waals surface area contributed by atoms with Crippen LogP contribution in [0.4, 0.5) is 0 Å². The topological polar surface area (TPSA) is 35.8 Å². The van der Waals surface area contributed by atoms with Crippen LogP contribution in [0.1, 0.15) is 23.6 Å². The van der Waals surface area contributed by atoms with Crippen molar-refractivity contribution >= 4 is 0 Å². The van der Waals surface area contributed by atoms with Gasteiger partial charge in [-0.2, -0.15) is 5.26 Å². The van der Waals surface area contributed by atoms with Gasteiger partial charge in [0.15, 0.2) is 0 Å². The van der Waals surface area contributed by atoms with Crippen LogP contribution in [0.2, 0.25) is 0 Å². The summed E-state index contributed by atoms with van der Waals surface area (Å²) in [4.78, 5) is 0. The molecule has 2 rings (SSSR count). The van der Waals surface area contributed by atoms with E-state index in [1.807, 2.05) is 18.2 Å². The Hall–Kier alpha value is -1.33. The van der Waals surface area contributed by atoms with Gasteiger partial charge in [-0.3, -0.25) is 0 Å². The summed E-state index contributed by atoms with van der Waals surface area (Å²) in [6.45, 7) is 1.10. The van der Waals surface area contributed by atoms with Crippen molar-refractivity contribution in [3.8, 4) is 6.07 Å². The molecular formula is C10H10N2. The predicted octanol–water partition coefficient (Wildman–Crippen LogP) is 1.59. The zero-order valence-electron chi connectivity index (χ0n) is 6.75. The van der Waals surface area contributed by atoms with Crippen molar-refractivity contribution in [1.82, 2.24) is 5.32 Å². The highest BCUT2D eigenvalue weighted by molar-refractivity contribution is 5.34. The summed E-state index contributed by atoms with van der Waals surface area (Å²) in [6.07, 6.45) is 1.19. The zero-order chi connectivity index (χ0) is 8.39. The van der Waals surface area contributed by atoms with E-state index in [0.717, 1.165) is 12.1 Å². The minimum absolute atomic E-state index is 0.485. The lowest BCUT2D eigenvalue weighted by Crippen LogP contribution is -2.34. The van der Waals surface area contributed by atoms with E-state index in [0.29, 0.717) is 6.04 Å². The third-order valence-corrected chi connectivity index (χ3v) is 2.24. The highest BCUT2D eigenvalue weighted by Gasteiger charge is 2.17. The maximum absolute atomic E-state index is 8.66. The summed E-state index contributed by atoms with van der Waals surface area (Å²) in [6, 6.07) is 10.4. The van der Waals surface area contributed by atoms with Gasteiger partial charge in [-0.1, -0.05) is 12.1 Å². The molecule has 1 saturated heterocycles. The van der Waals surface area contributed by atoms with Crippen LogP contribution in [0.3, 0.4) is 0 Å². The lowest BCUT2D eigenvalue weighted by molar-refractivity contribution is 0.383. The number of hydrogen-bond acceptors (Lipinski definition) is 2. The number of nitrogens with zero attached hydrogens (tertiary/aromatic N) is 1. The Morgan fingerprint density at radius 1 is 1.50 bits per heavy atom. The van der Waals surface area contributed by atoms with Crippen molar-refractivity contribution in [2.75, 3.05) is 6.54 Å². The first kappa shape index (κ1) is 7.33. The molecule has 2 nitrogen and oxygen atoms in total. The quantitative estimate of drug-likeness (QED) is 0.673. The molecule has 60 valence electrons. The second-order valence-electron chi connectivity index (χ2n) is 3.03. The van der Waals surface area contributed by atoms with E-state index >= 15 is 0 Å². The van der Waals surface area contributed by atoms with Crippen LogP contribution in [0, 0.1) is 11.3 Å². The molecule has 1 aromatic rings. The summed E-state index contributed by atoms with van der Waals surface area (Å²) in [5.41, 5.74) is 1.99. The summed E-state index contributed by atoms with van der Waals surface area (Å²) in [5.74, 6) is 0. The fourth-order valence-electron chi connectivity index (χ4n) is 1.40. The predicted molar refractivity (Wildman–Crippen MR) is 46.5 cm³/mol. The fourth-order valence-corrected chi connectivity index (χ4v) is 1.40. The Morgan fingerprint density at radius 2 is 2.33 bits per heavy atom. The molecular weight excluding hydrogens is 148 g/mol. The molecule has 1 aliphatic heterocycles. The van der Waals surface area contributed by atoms with Gasteiger partial charge in [0.2, 0.25) is 0 Å². The molecule has 0 radical (unpaired) electrons. The number of rotatable bonds is 1. The van der Waals surface area contributed by atoms with Gasteiger partial charge in [-0.05, 0) is 30.7 Å².